The van der Waals surface area contributed by atoms with Crippen LogP contribution >= 0.6 is 0 Å². The van der Waals surface area contributed by atoms with Crippen molar-refractivity contribution in [3.05, 3.63) is 84.3 Å². The van der Waals surface area contributed by atoms with E-state index in [9.17, 15) is 4.39 Å². The van der Waals surface area contributed by atoms with Gasteiger partial charge in [-0.25, -0.2) is 9.37 Å². The predicted octanol–water partition coefficient (Wildman–Crippen LogP) is 4.47. The summed E-state index contributed by atoms with van der Waals surface area (Å²) in [5.74, 6) is 0.0443. The molecule has 2 aromatic carbocycles. The minimum absolute atomic E-state index is 0.336. The van der Waals surface area contributed by atoms with Crippen molar-refractivity contribution in [3.63, 3.8) is 0 Å². The maximum absolute atomic E-state index is 14.1. The number of nitrogens with zero attached hydrogens (tertiary/aromatic N) is 1. The van der Waals surface area contributed by atoms with E-state index in [-0.39, 0.29) is 5.82 Å². The molecule has 0 saturated heterocycles. The molecule has 0 spiro atoms. The Bertz CT molecular complexity index is 714. The lowest BCUT2D eigenvalue weighted by atomic mass is 10.1. The van der Waals surface area contributed by atoms with Crippen molar-refractivity contribution in [1.82, 2.24) is 4.98 Å². The van der Waals surface area contributed by atoms with Crippen molar-refractivity contribution >= 4 is 0 Å². The highest BCUT2D eigenvalue weighted by molar-refractivity contribution is 5.59. The van der Waals surface area contributed by atoms with Gasteiger partial charge >= 0.3 is 0 Å². The minimum Gasteiger partial charge on any atom is -0.487 e. The zero-order chi connectivity index (χ0) is 14.5. The molecule has 2 nitrogen and oxygen atoms in total. The van der Waals surface area contributed by atoms with Crippen LogP contribution < -0.4 is 4.74 Å². The molecule has 3 aromatic rings. The van der Waals surface area contributed by atoms with Crippen LogP contribution in [0.1, 0.15) is 5.56 Å². The van der Waals surface area contributed by atoms with Gasteiger partial charge in [0, 0.05) is 11.6 Å². The Morgan fingerprint density at radius 3 is 2.24 bits per heavy atom. The van der Waals surface area contributed by atoms with Crippen LogP contribution in [0, 0.1) is 5.82 Å². The fraction of sp³-hybridized carbons (Fsp3) is 0.0556. The van der Waals surface area contributed by atoms with Crippen LogP contribution in [0.25, 0.3) is 11.3 Å². The number of hydrogen-bond donors (Lipinski definition) is 0. The summed E-state index contributed by atoms with van der Waals surface area (Å²) in [6.07, 6.45) is 1.55. The molecule has 0 atom stereocenters. The summed E-state index contributed by atoms with van der Waals surface area (Å²) in [5.41, 5.74) is 2.12. The Balaban J connectivity index is 1.76. The quantitative estimate of drug-likeness (QED) is 0.703. The number of hydrogen-bond acceptors (Lipinski definition) is 2. The van der Waals surface area contributed by atoms with Gasteiger partial charge in [0.2, 0.25) is 0 Å². The van der Waals surface area contributed by atoms with E-state index in [4.69, 9.17) is 4.74 Å². The summed E-state index contributed by atoms with van der Waals surface area (Å²) < 4.78 is 19.7. The fourth-order valence-electron chi connectivity index (χ4n) is 2.05. The Morgan fingerprint density at radius 1 is 0.905 bits per heavy atom. The molecule has 104 valence electrons. The molecule has 3 rings (SSSR count). The number of rotatable bonds is 4. The molecular weight excluding hydrogens is 265 g/mol. The first-order valence-electron chi connectivity index (χ1n) is 6.70. The summed E-state index contributed by atoms with van der Waals surface area (Å²) in [6, 6.07) is 20.4. The van der Waals surface area contributed by atoms with Crippen molar-refractivity contribution < 1.29 is 9.13 Å². The van der Waals surface area contributed by atoms with Crippen LogP contribution in [-0.4, -0.2) is 4.98 Å². The lowest BCUT2D eigenvalue weighted by Gasteiger charge is -2.08. The van der Waals surface area contributed by atoms with Crippen molar-refractivity contribution in [2.45, 2.75) is 6.61 Å². The zero-order valence-electron chi connectivity index (χ0n) is 11.4. The normalized spacial score (nSPS) is 10.3. The van der Waals surface area contributed by atoms with Crippen molar-refractivity contribution in [1.29, 1.82) is 0 Å². The first-order chi connectivity index (χ1) is 10.3. The average molecular weight is 279 g/mol. The molecule has 0 aliphatic carbocycles. The summed E-state index contributed by atoms with van der Waals surface area (Å²) in [5, 5.41) is 0. The third-order valence-electron chi connectivity index (χ3n) is 3.11. The van der Waals surface area contributed by atoms with Crippen molar-refractivity contribution in [2.75, 3.05) is 0 Å². The second-order valence-electron chi connectivity index (χ2n) is 4.64. The summed E-state index contributed by atoms with van der Waals surface area (Å²) >= 11 is 0. The minimum atomic E-state index is -0.383. The second kappa shape index (κ2) is 6.18. The molecule has 0 aliphatic heterocycles. The molecule has 1 heterocycles. The first kappa shape index (κ1) is 13.3. The van der Waals surface area contributed by atoms with Crippen molar-refractivity contribution in [2.24, 2.45) is 0 Å². The number of pyridine rings is 1. The third-order valence-corrected chi connectivity index (χ3v) is 3.11. The van der Waals surface area contributed by atoms with E-state index in [1.165, 1.54) is 6.07 Å². The van der Waals surface area contributed by atoms with Gasteiger partial charge in [-0.15, -0.1) is 0 Å². The maximum atomic E-state index is 14.1. The summed E-state index contributed by atoms with van der Waals surface area (Å²) in [7, 11) is 0. The Hall–Kier alpha value is -2.68. The first-order valence-corrected chi connectivity index (χ1v) is 6.70. The number of benzene rings is 2. The predicted molar refractivity (Wildman–Crippen MR) is 80.4 cm³/mol. The highest BCUT2D eigenvalue weighted by Gasteiger charge is 2.08. The van der Waals surface area contributed by atoms with Crippen LogP contribution in [0.4, 0.5) is 4.39 Å². The fourth-order valence-corrected chi connectivity index (χ4v) is 2.05. The molecular formula is C18H14FNO. The highest BCUT2D eigenvalue weighted by Crippen LogP contribution is 2.23. The smallest absolute Gasteiger partial charge is 0.153 e. The molecule has 0 bridgehead atoms. The lowest BCUT2D eigenvalue weighted by molar-refractivity contribution is 0.303. The molecule has 3 heteroatoms. The van der Waals surface area contributed by atoms with Crippen LogP contribution in [0.2, 0.25) is 0 Å². The van der Waals surface area contributed by atoms with Crippen molar-refractivity contribution in [3.8, 4) is 17.0 Å². The van der Waals surface area contributed by atoms with E-state index in [0.29, 0.717) is 18.1 Å². The van der Waals surface area contributed by atoms with E-state index in [2.05, 4.69) is 4.98 Å². The Kier molecular flexibility index (Phi) is 3.92. The second-order valence-corrected chi connectivity index (χ2v) is 4.64. The Morgan fingerprint density at radius 2 is 1.57 bits per heavy atom. The average Bonchev–Trinajstić information content (AvgIpc) is 2.55. The van der Waals surface area contributed by atoms with Gasteiger partial charge < -0.3 is 4.74 Å². The highest BCUT2D eigenvalue weighted by atomic mass is 19.1. The molecule has 0 radical (unpaired) electrons. The van der Waals surface area contributed by atoms with Gasteiger partial charge in [0.1, 0.15) is 18.1 Å². The van der Waals surface area contributed by atoms with Gasteiger partial charge in [0.25, 0.3) is 0 Å². The van der Waals surface area contributed by atoms with E-state index >= 15 is 0 Å². The van der Waals surface area contributed by atoms with Gasteiger partial charge in [-0.2, -0.15) is 0 Å². The van der Waals surface area contributed by atoms with Gasteiger partial charge in [-0.1, -0.05) is 60.7 Å². The molecule has 0 unspecified atom stereocenters. The maximum Gasteiger partial charge on any atom is 0.153 e. The zero-order valence-corrected chi connectivity index (χ0v) is 11.4. The Labute approximate surface area is 122 Å². The molecule has 0 N–H and O–H groups in total. The molecule has 21 heavy (non-hydrogen) atoms. The van der Waals surface area contributed by atoms with Crippen LogP contribution in [-0.2, 0) is 6.61 Å². The van der Waals surface area contributed by atoms with Crippen LogP contribution in [0.5, 0.6) is 5.75 Å². The third kappa shape index (κ3) is 3.26. The summed E-state index contributed by atoms with van der Waals surface area (Å²) in [6.45, 7) is 0.395. The van der Waals surface area contributed by atoms with Crippen LogP contribution in [0.15, 0.2) is 72.9 Å². The molecule has 0 amide bonds. The van der Waals surface area contributed by atoms with Crippen LogP contribution in [0.3, 0.4) is 0 Å². The van der Waals surface area contributed by atoms with E-state index in [1.54, 1.807) is 6.20 Å². The molecule has 1 aromatic heterocycles. The number of aromatic nitrogens is 1. The number of halogens is 1. The topological polar surface area (TPSA) is 22.1 Å². The monoisotopic (exact) mass is 279 g/mol. The summed E-state index contributed by atoms with van der Waals surface area (Å²) in [4.78, 5) is 4.16. The van der Waals surface area contributed by atoms with Gasteiger partial charge in [0.05, 0.1) is 6.20 Å². The standard InChI is InChI=1S/C18H14FNO/c19-17-11-16(21-13-14-7-3-1-4-8-14)12-20-18(17)15-9-5-2-6-10-15/h1-12H,13H2. The SMILES string of the molecule is Fc1cc(OCc2ccccc2)cnc1-c1ccccc1. The van der Waals surface area contributed by atoms with Gasteiger partial charge in [-0.05, 0) is 5.56 Å². The number of ether oxygens (including phenoxy) is 1. The van der Waals surface area contributed by atoms with Gasteiger partial charge in [0.15, 0.2) is 5.82 Å². The van der Waals surface area contributed by atoms with E-state index in [1.807, 2.05) is 60.7 Å². The lowest BCUT2D eigenvalue weighted by Crippen LogP contribution is -1.97. The van der Waals surface area contributed by atoms with E-state index in [0.717, 1.165) is 11.1 Å². The molecule has 0 saturated carbocycles. The largest absolute Gasteiger partial charge is 0.487 e. The van der Waals surface area contributed by atoms with E-state index < -0.39 is 0 Å². The molecule has 0 fully saturated rings. The molecule has 0 aliphatic rings. The van der Waals surface area contributed by atoms with Gasteiger partial charge in [-0.3, -0.25) is 0 Å².